The molecule has 1 aromatic rings. The molecule has 0 radical (unpaired) electrons. The standard InChI is InChI=1S/C11H12N2O3/c1-2-3-9(14)7-12-8-4-5-10(11(15)16)13-6-8/h1,4-6,9,12,14H,3,7H2,(H,15,16). The molecule has 84 valence electrons. The fraction of sp³-hybridized carbons (Fsp3) is 0.273. The molecule has 1 rings (SSSR count). The van der Waals surface area contributed by atoms with E-state index in [-0.39, 0.29) is 12.1 Å². The summed E-state index contributed by atoms with van der Waals surface area (Å²) in [5.41, 5.74) is 0.621. The van der Waals surface area contributed by atoms with E-state index >= 15 is 0 Å². The highest BCUT2D eigenvalue weighted by Gasteiger charge is 2.04. The van der Waals surface area contributed by atoms with Crippen molar-refractivity contribution in [3.63, 3.8) is 0 Å². The number of nitrogens with one attached hydrogen (secondary N) is 1. The summed E-state index contributed by atoms with van der Waals surface area (Å²) in [6.45, 7) is 0.304. The predicted molar refractivity (Wildman–Crippen MR) is 59.1 cm³/mol. The molecule has 5 heteroatoms. The maximum Gasteiger partial charge on any atom is 0.354 e. The van der Waals surface area contributed by atoms with Crippen molar-refractivity contribution in [2.75, 3.05) is 11.9 Å². The van der Waals surface area contributed by atoms with Gasteiger partial charge in [-0.3, -0.25) is 0 Å². The van der Waals surface area contributed by atoms with Crippen molar-refractivity contribution in [1.82, 2.24) is 4.98 Å². The van der Waals surface area contributed by atoms with Crippen LogP contribution in [0.2, 0.25) is 0 Å². The lowest BCUT2D eigenvalue weighted by Crippen LogP contribution is -2.18. The molecule has 3 N–H and O–H groups in total. The number of terminal acetylenes is 1. The first kappa shape index (κ1) is 12.0. The fourth-order valence-electron chi connectivity index (χ4n) is 1.07. The van der Waals surface area contributed by atoms with E-state index in [0.717, 1.165) is 0 Å². The molecule has 0 saturated heterocycles. The third-order valence-corrected chi connectivity index (χ3v) is 1.88. The lowest BCUT2D eigenvalue weighted by molar-refractivity contribution is 0.0690. The number of carboxylic acid groups (broad SMARTS) is 1. The first-order chi connectivity index (χ1) is 7.63. The van der Waals surface area contributed by atoms with Crippen LogP contribution in [0.25, 0.3) is 0 Å². The highest BCUT2D eigenvalue weighted by Crippen LogP contribution is 2.06. The number of pyridine rings is 1. The van der Waals surface area contributed by atoms with Crippen molar-refractivity contribution in [2.24, 2.45) is 0 Å². The Morgan fingerprint density at radius 2 is 2.38 bits per heavy atom. The summed E-state index contributed by atoms with van der Waals surface area (Å²) < 4.78 is 0. The highest BCUT2D eigenvalue weighted by molar-refractivity contribution is 5.85. The quantitative estimate of drug-likeness (QED) is 0.632. The lowest BCUT2D eigenvalue weighted by atomic mass is 10.2. The number of aromatic carboxylic acids is 1. The summed E-state index contributed by atoms with van der Waals surface area (Å²) in [5.74, 6) is 1.27. The zero-order valence-electron chi connectivity index (χ0n) is 8.55. The molecule has 0 aliphatic rings. The second-order valence-corrected chi connectivity index (χ2v) is 3.18. The number of aliphatic hydroxyl groups excluding tert-OH is 1. The van der Waals surface area contributed by atoms with Crippen LogP contribution in [0.5, 0.6) is 0 Å². The minimum Gasteiger partial charge on any atom is -0.477 e. The van der Waals surface area contributed by atoms with E-state index in [1.54, 1.807) is 6.07 Å². The molecule has 0 spiro atoms. The van der Waals surface area contributed by atoms with Crippen LogP contribution in [0.4, 0.5) is 5.69 Å². The van der Waals surface area contributed by atoms with Gasteiger partial charge in [0, 0.05) is 13.0 Å². The van der Waals surface area contributed by atoms with Crippen molar-refractivity contribution in [3.8, 4) is 12.3 Å². The zero-order valence-corrected chi connectivity index (χ0v) is 8.55. The molecule has 1 unspecified atom stereocenters. The molecule has 0 aliphatic carbocycles. The number of hydrogen-bond donors (Lipinski definition) is 3. The summed E-state index contributed by atoms with van der Waals surface area (Å²) >= 11 is 0. The Labute approximate surface area is 93.1 Å². The normalized spacial score (nSPS) is 11.5. The summed E-state index contributed by atoms with van der Waals surface area (Å²) in [6.07, 6.45) is 6.08. The fourth-order valence-corrected chi connectivity index (χ4v) is 1.07. The molecular formula is C11H12N2O3. The van der Waals surface area contributed by atoms with Crippen LogP contribution in [0.15, 0.2) is 18.3 Å². The number of anilines is 1. The summed E-state index contributed by atoms with van der Waals surface area (Å²) in [5, 5.41) is 20.8. The van der Waals surface area contributed by atoms with Crippen LogP contribution in [-0.2, 0) is 0 Å². The van der Waals surface area contributed by atoms with Gasteiger partial charge in [-0.05, 0) is 12.1 Å². The van der Waals surface area contributed by atoms with Crippen LogP contribution in [0.3, 0.4) is 0 Å². The predicted octanol–water partition coefficient (Wildman–Crippen LogP) is 0.576. The van der Waals surface area contributed by atoms with E-state index in [1.165, 1.54) is 12.3 Å². The van der Waals surface area contributed by atoms with Crippen LogP contribution >= 0.6 is 0 Å². The Balaban J connectivity index is 2.50. The maximum absolute atomic E-state index is 10.5. The molecule has 0 bridgehead atoms. The van der Waals surface area contributed by atoms with Gasteiger partial charge in [-0.15, -0.1) is 12.3 Å². The van der Waals surface area contributed by atoms with Crippen LogP contribution in [0.1, 0.15) is 16.9 Å². The number of rotatable bonds is 5. The van der Waals surface area contributed by atoms with Crippen molar-refractivity contribution in [2.45, 2.75) is 12.5 Å². The first-order valence-electron chi connectivity index (χ1n) is 4.68. The third kappa shape index (κ3) is 3.59. The molecule has 1 heterocycles. The van der Waals surface area contributed by atoms with Gasteiger partial charge >= 0.3 is 5.97 Å². The number of carboxylic acids is 1. The number of carbonyl (C=O) groups is 1. The SMILES string of the molecule is C#CCC(O)CNc1ccc(C(=O)O)nc1. The van der Waals surface area contributed by atoms with Gasteiger partial charge in [-0.25, -0.2) is 9.78 Å². The first-order valence-corrected chi connectivity index (χ1v) is 4.68. The molecule has 0 aliphatic heterocycles. The van der Waals surface area contributed by atoms with Crippen molar-refractivity contribution in [1.29, 1.82) is 0 Å². The van der Waals surface area contributed by atoms with E-state index in [1.807, 2.05) is 0 Å². The van der Waals surface area contributed by atoms with E-state index in [2.05, 4.69) is 16.2 Å². The Morgan fingerprint density at radius 1 is 1.62 bits per heavy atom. The minimum absolute atomic E-state index is 0.0188. The molecule has 0 fully saturated rings. The van der Waals surface area contributed by atoms with E-state index in [4.69, 9.17) is 11.5 Å². The van der Waals surface area contributed by atoms with Gasteiger partial charge in [0.05, 0.1) is 18.0 Å². The Kier molecular flexibility index (Phi) is 4.30. The van der Waals surface area contributed by atoms with E-state index in [9.17, 15) is 9.90 Å². The molecule has 1 aromatic heterocycles. The Bertz CT molecular complexity index is 395. The number of aliphatic hydroxyl groups is 1. The van der Waals surface area contributed by atoms with Crippen LogP contribution < -0.4 is 5.32 Å². The monoisotopic (exact) mass is 220 g/mol. The van der Waals surface area contributed by atoms with Crippen molar-refractivity contribution in [3.05, 3.63) is 24.0 Å². The average Bonchev–Trinajstić information content (AvgIpc) is 2.27. The van der Waals surface area contributed by atoms with Gasteiger partial charge in [0.1, 0.15) is 5.69 Å². The average molecular weight is 220 g/mol. The lowest BCUT2D eigenvalue weighted by Gasteiger charge is -2.09. The third-order valence-electron chi connectivity index (χ3n) is 1.88. The largest absolute Gasteiger partial charge is 0.477 e. The summed E-state index contributed by atoms with van der Waals surface area (Å²) in [4.78, 5) is 14.2. The van der Waals surface area contributed by atoms with E-state index in [0.29, 0.717) is 12.2 Å². The highest BCUT2D eigenvalue weighted by atomic mass is 16.4. The molecule has 0 amide bonds. The second-order valence-electron chi connectivity index (χ2n) is 3.18. The van der Waals surface area contributed by atoms with Crippen molar-refractivity contribution >= 4 is 11.7 Å². The topological polar surface area (TPSA) is 82.5 Å². The van der Waals surface area contributed by atoms with Gasteiger partial charge in [-0.2, -0.15) is 0 Å². The second kappa shape index (κ2) is 5.73. The van der Waals surface area contributed by atoms with E-state index < -0.39 is 12.1 Å². The summed E-state index contributed by atoms with van der Waals surface area (Å²) in [6, 6.07) is 2.97. The van der Waals surface area contributed by atoms with Crippen LogP contribution in [0, 0.1) is 12.3 Å². The van der Waals surface area contributed by atoms with Crippen LogP contribution in [-0.4, -0.2) is 33.8 Å². The van der Waals surface area contributed by atoms with Crippen molar-refractivity contribution < 1.29 is 15.0 Å². The molecular weight excluding hydrogens is 208 g/mol. The number of hydrogen-bond acceptors (Lipinski definition) is 4. The van der Waals surface area contributed by atoms with Gasteiger partial charge in [0.15, 0.2) is 0 Å². The van der Waals surface area contributed by atoms with Gasteiger partial charge in [0.25, 0.3) is 0 Å². The summed E-state index contributed by atoms with van der Waals surface area (Å²) in [7, 11) is 0. The Hall–Kier alpha value is -2.06. The molecule has 0 aromatic carbocycles. The zero-order chi connectivity index (χ0) is 12.0. The molecule has 0 saturated carbocycles. The molecule has 16 heavy (non-hydrogen) atoms. The number of nitrogens with zero attached hydrogens (tertiary/aromatic N) is 1. The molecule has 5 nitrogen and oxygen atoms in total. The van der Waals surface area contributed by atoms with Gasteiger partial charge in [0.2, 0.25) is 0 Å². The number of aromatic nitrogens is 1. The smallest absolute Gasteiger partial charge is 0.354 e. The minimum atomic E-state index is -1.07. The maximum atomic E-state index is 10.5. The van der Waals surface area contributed by atoms with Gasteiger partial charge < -0.3 is 15.5 Å². The van der Waals surface area contributed by atoms with Gasteiger partial charge in [-0.1, -0.05) is 0 Å². The molecule has 1 atom stereocenters. The Morgan fingerprint density at radius 3 is 2.88 bits per heavy atom.